The van der Waals surface area contributed by atoms with Crippen LogP contribution in [-0.2, 0) is 0 Å². The van der Waals surface area contributed by atoms with Crippen molar-refractivity contribution in [3.8, 4) is 0 Å². The van der Waals surface area contributed by atoms with Crippen molar-refractivity contribution in [2.45, 2.75) is 19.9 Å². The summed E-state index contributed by atoms with van der Waals surface area (Å²) in [4.78, 5) is 3.12. The van der Waals surface area contributed by atoms with Crippen LogP contribution < -0.4 is 0 Å². The molecule has 0 radical (unpaired) electrons. The Morgan fingerprint density at radius 2 is 1.94 bits per heavy atom. The van der Waals surface area contributed by atoms with Gasteiger partial charge in [0, 0.05) is 16.9 Å². The zero-order valence-corrected chi connectivity index (χ0v) is 10.8. The Bertz CT molecular complexity index is 539. The second-order valence-electron chi connectivity index (χ2n) is 3.88. The number of rotatable bonds is 2. The van der Waals surface area contributed by atoms with Gasteiger partial charge in [0.25, 0.3) is 0 Å². The molecule has 16 heavy (non-hydrogen) atoms. The minimum atomic E-state index is 0.217. The average molecular weight is 253 g/mol. The largest absolute Gasteiger partial charge is 0.335 e. The van der Waals surface area contributed by atoms with Crippen molar-refractivity contribution in [1.29, 1.82) is 0 Å². The van der Waals surface area contributed by atoms with Crippen LogP contribution in [0, 0.1) is 11.7 Å². The third-order valence-corrected chi connectivity index (χ3v) is 3.21. The van der Waals surface area contributed by atoms with Crippen molar-refractivity contribution < 1.29 is 0 Å². The van der Waals surface area contributed by atoms with E-state index in [-0.39, 0.29) is 6.04 Å². The van der Waals surface area contributed by atoms with Gasteiger partial charge in [0.2, 0.25) is 0 Å². The Morgan fingerprint density at radius 1 is 1.31 bits per heavy atom. The molecule has 0 fully saturated rings. The van der Waals surface area contributed by atoms with Crippen molar-refractivity contribution in [2.24, 2.45) is 0 Å². The van der Waals surface area contributed by atoms with E-state index in [9.17, 15) is 0 Å². The molecule has 1 N–H and O–H groups in total. The molecule has 1 unspecified atom stereocenters. The maximum absolute atomic E-state index is 5.86. The van der Waals surface area contributed by atoms with Crippen LogP contribution in [0.4, 0.5) is 0 Å². The number of benzene rings is 1. The van der Waals surface area contributed by atoms with Crippen molar-refractivity contribution in [2.75, 3.05) is 0 Å². The average Bonchev–Trinajstić information content (AvgIpc) is 2.58. The van der Waals surface area contributed by atoms with Gasteiger partial charge in [-0.2, -0.15) is 0 Å². The summed E-state index contributed by atoms with van der Waals surface area (Å²) in [6, 6.07) is 8.07. The second-order valence-corrected chi connectivity index (χ2v) is 4.70. The van der Waals surface area contributed by atoms with Gasteiger partial charge < -0.3 is 9.55 Å². The highest BCUT2D eigenvalue weighted by Crippen LogP contribution is 2.20. The van der Waals surface area contributed by atoms with Crippen LogP contribution in [0.15, 0.2) is 30.5 Å². The number of hydrogen-bond acceptors (Lipinski definition) is 1. The number of hydrogen-bond donors (Lipinski definition) is 1. The molecule has 2 aromatic rings. The highest BCUT2D eigenvalue weighted by Gasteiger charge is 2.08. The van der Waals surface area contributed by atoms with E-state index in [0.717, 1.165) is 15.5 Å². The van der Waals surface area contributed by atoms with E-state index in [1.165, 1.54) is 5.56 Å². The van der Waals surface area contributed by atoms with E-state index in [1.54, 1.807) is 0 Å². The maximum Gasteiger partial charge on any atom is 0.177 e. The molecule has 0 aliphatic rings. The van der Waals surface area contributed by atoms with Crippen LogP contribution in [0.3, 0.4) is 0 Å². The monoisotopic (exact) mass is 252 g/mol. The van der Waals surface area contributed by atoms with Gasteiger partial charge >= 0.3 is 0 Å². The molecule has 2 rings (SSSR count). The highest BCUT2D eigenvalue weighted by atomic mass is 35.5. The molecule has 0 bridgehead atoms. The molecule has 84 valence electrons. The number of aromatic amines is 1. The van der Waals surface area contributed by atoms with E-state index < -0.39 is 0 Å². The summed E-state index contributed by atoms with van der Waals surface area (Å²) in [5.41, 5.74) is 2.27. The molecule has 0 aliphatic heterocycles. The van der Waals surface area contributed by atoms with Crippen LogP contribution >= 0.6 is 23.8 Å². The van der Waals surface area contributed by atoms with Crippen LogP contribution in [0.25, 0.3) is 0 Å². The molecular weight excluding hydrogens is 240 g/mol. The zero-order chi connectivity index (χ0) is 11.7. The van der Waals surface area contributed by atoms with Gasteiger partial charge in [0.05, 0.1) is 6.04 Å². The first-order valence-corrected chi connectivity index (χ1v) is 5.90. The zero-order valence-electron chi connectivity index (χ0n) is 9.20. The van der Waals surface area contributed by atoms with E-state index in [1.807, 2.05) is 42.0 Å². The lowest BCUT2D eigenvalue weighted by molar-refractivity contribution is 0.630. The van der Waals surface area contributed by atoms with Gasteiger partial charge in [-0.1, -0.05) is 23.7 Å². The number of H-pyrrole nitrogens is 1. The fourth-order valence-corrected chi connectivity index (χ4v) is 2.22. The van der Waals surface area contributed by atoms with Gasteiger partial charge in [-0.25, -0.2) is 0 Å². The molecule has 1 heterocycles. The van der Waals surface area contributed by atoms with Crippen molar-refractivity contribution >= 4 is 23.8 Å². The molecule has 0 saturated heterocycles. The van der Waals surface area contributed by atoms with Gasteiger partial charge in [0.15, 0.2) is 4.77 Å². The third-order valence-electron chi connectivity index (χ3n) is 2.64. The van der Waals surface area contributed by atoms with Crippen LogP contribution in [0.1, 0.15) is 24.2 Å². The molecule has 0 saturated carbocycles. The van der Waals surface area contributed by atoms with Crippen molar-refractivity contribution in [3.05, 3.63) is 51.5 Å². The Balaban J connectivity index is 2.38. The smallest absolute Gasteiger partial charge is 0.177 e. The minimum Gasteiger partial charge on any atom is -0.335 e. The Labute approximate surface area is 105 Å². The topological polar surface area (TPSA) is 20.7 Å². The highest BCUT2D eigenvalue weighted by molar-refractivity contribution is 7.71. The normalized spacial score (nSPS) is 12.7. The minimum absolute atomic E-state index is 0.217. The summed E-state index contributed by atoms with van der Waals surface area (Å²) in [5, 5.41) is 0.754. The lowest BCUT2D eigenvalue weighted by Crippen LogP contribution is -2.05. The maximum atomic E-state index is 5.86. The van der Waals surface area contributed by atoms with Gasteiger partial charge in [-0.3, -0.25) is 0 Å². The molecular formula is C12H13ClN2S. The summed E-state index contributed by atoms with van der Waals surface area (Å²) in [6.45, 7) is 4.12. The van der Waals surface area contributed by atoms with E-state index in [0.29, 0.717) is 0 Å². The number of halogens is 1. The SMILES string of the molecule is Cc1cn(C(C)c2ccc(Cl)cc2)c(=S)[nH]1. The number of nitrogens with zero attached hydrogens (tertiary/aromatic N) is 1. The quantitative estimate of drug-likeness (QED) is 0.798. The number of aryl methyl sites for hydroxylation is 1. The molecule has 0 aliphatic carbocycles. The second kappa shape index (κ2) is 4.44. The summed E-state index contributed by atoms with van der Waals surface area (Å²) >= 11 is 11.1. The van der Waals surface area contributed by atoms with Crippen molar-refractivity contribution in [1.82, 2.24) is 9.55 Å². The molecule has 0 amide bonds. The lowest BCUT2D eigenvalue weighted by atomic mass is 10.1. The molecule has 1 aromatic heterocycles. The van der Waals surface area contributed by atoms with Crippen LogP contribution in [-0.4, -0.2) is 9.55 Å². The van der Waals surface area contributed by atoms with E-state index >= 15 is 0 Å². The standard InChI is InChI=1S/C12H13ClN2S/c1-8-7-15(12(16)14-8)9(2)10-3-5-11(13)6-4-10/h3-7,9H,1-2H3,(H,14,16). The van der Waals surface area contributed by atoms with Gasteiger partial charge in [-0.15, -0.1) is 0 Å². The fourth-order valence-electron chi connectivity index (χ4n) is 1.72. The molecule has 2 nitrogen and oxygen atoms in total. The summed E-state index contributed by atoms with van der Waals surface area (Å²) in [6.07, 6.45) is 2.03. The van der Waals surface area contributed by atoms with Gasteiger partial charge in [-0.05, 0) is 43.8 Å². The summed E-state index contributed by atoms with van der Waals surface area (Å²) < 4.78 is 2.80. The Kier molecular flexibility index (Phi) is 3.17. The Hall–Kier alpha value is -1.06. The van der Waals surface area contributed by atoms with Gasteiger partial charge in [0.1, 0.15) is 0 Å². The summed E-state index contributed by atoms with van der Waals surface area (Å²) in [7, 11) is 0. The molecule has 0 spiro atoms. The van der Waals surface area contributed by atoms with E-state index in [2.05, 4.69) is 11.9 Å². The van der Waals surface area contributed by atoms with Crippen LogP contribution in [0.2, 0.25) is 5.02 Å². The first-order chi connectivity index (χ1) is 7.58. The first kappa shape index (κ1) is 11.4. The first-order valence-electron chi connectivity index (χ1n) is 5.11. The third kappa shape index (κ3) is 2.20. The molecule has 1 aromatic carbocycles. The van der Waals surface area contributed by atoms with E-state index in [4.69, 9.17) is 23.8 Å². The summed E-state index contributed by atoms with van der Waals surface area (Å²) in [5.74, 6) is 0. The Morgan fingerprint density at radius 3 is 2.44 bits per heavy atom. The van der Waals surface area contributed by atoms with Crippen LogP contribution in [0.5, 0.6) is 0 Å². The predicted octanol–water partition coefficient (Wildman–Crippen LogP) is 4.12. The predicted molar refractivity (Wildman–Crippen MR) is 69.6 cm³/mol. The number of imidazole rings is 1. The molecule has 4 heteroatoms. The van der Waals surface area contributed by atoms with Crippen molar-refractivity contribution in [3.63, 3.8) is 0 Å². The lowest BCUT2D eigenvalue weighted by Gasteiger charge is -2.13. The fraction of sp³-hybridized carbons (Fsp3) is 0.250. The number of nitrogens with one attached hydrogen (secondary N) is 1. The molecule has 1 atom stereocenters. The number of aromatic nitrogens is 2.